The van der Waals surface area contributed by atoms with Crippen molar-refractivity contribution in [2.24, 2.45) is 16.6 Å². The number of nitrogens with two attached hydrogens (primary N) is 1. The number of fused-ring (bicyclic) bond motifs is 4. The minimum absolute atomic E-state index is 0.0410. The fourth-order valence-electron chi connectivity index (χ4n) is 5.95. The fourth-order valence-corrected chi connectivity index (χ4v) is 6.13. The Hall–Kier alpha value is -2.55. The summed E-state index contributed by atoms with van der Waals surface area (Å²) in [6.45, 7) is 0.986. The lowest BCUT2D eigenvalue weighted by molar-refractivity contribution is -0.143. The summed E-state index contributed by atoms with van der Waals surface area (Å²) in [4.78, 5) is 27.3. The Morgan fingerprint density at radius 3 is 2.38 bits per heavy atom. The zero-order valence-corrected chi connectivity index (χ0v) is 19.4. The van der Waals surface area contributed by atoms with Crippen molar-refractivity contribution in [2.75, 3.05) is 6.54 Å². The smallest absolute Gasteiger partial charge is 0.252 e. The van der Waals surface area contributed by atoms with E-state index in [4.69, 9.17) is 17.3 Å². The maximum absolute atomic E-state index is 13.6. The third kappa shape index (κ3) is 3.78. The Kier molecular flexibility index (Phi) is 5.66. The van der Waals surface area contributed by atoms with Gasteiger partial charge in [-0.1, -0.05) is 11.6 Å². The Bertz CT molecular complexity index is 1140. The molecule has 3 fully saturated rings. The first-order valence-electron chi connectivity index (χ1n) is 11.5. The highest BCUT2D eigenvalue weighted by atomic mass is 35.5. The molecule has 10 heteroatoms. The molecule has 2 heterocycles. The first kappa shape index (κ1) is 23.2. The average Bonchev–Trinajstić information content (AvgIpc) is 3.21. The molecule has 6 nitrogen and oxygen atoms in total. The van der Waals surface area contributed by atoms with Gasteiger partial charge in [-0.2, -0.15) is 5.10 Å². The van der Waals surface area contributed by atoms with Crippen LogP contribution in [-0.2, 0) is 17.9 Å². The molecule has 182 valence electrons. The second-order valence-corrected chi connectivity index (χ2v) is 10.4. The highest BCUT2D eigenvalue weighted by molar-refractivity contribution is 6.31. The van der Waals surface area contributed by atoms with Crippen molar-refractivity contribution in [1.82, 2.24) is 14.7 Å². The summed E-state index contributed by atoms with van der Waals surface area (Å²) < 4.78 is 42.4. The van der Waals surface area contributed by atoms with Gasteiger partial charge in [0.05, 0.1) is 29.4 Å². The van der Waals surface area contributed by atoms with Crippen LogP contribution in [0.3, 0.4) is 0 Å². The molecule has 0 spiro atoms. The lowest BCUT2D eigenvalue weighted by Gasteiger charge is -2.53. The van der Waals surface area contributed by atoms with Gasteiger partial charge in [-0.25, -0.2) is 13.2 Å². The number of halogens is 4. The summed E-state index contributed by atoms with van der Waals surface area (Å²) in [5.74, 6) is -1.31. The normalized spacial score (nSPS) is 26.1. The van der Waals surface area contributed by atoms with E-state index in [1.165, 1.54) is 18.2 Å². The number of carbonyl (C=O) groups is 2. The van der Waals surface area contributed by atoms with Crippen LogP contribution in [0.4, 0.5) is 13.2 Å². The van der Waals surface area contributed by atoms with Gasteiger partial charge in [-0.3, -0.25) is 14.3 Å². The number of amides is 2. The molecular formula is C24H26ClF3N4O2. The minimum Gasteiger partial charge on any atom is -0.365 e. The van der Waals surface area contributed by atoms with Crippen LogP contribution in [0, 0.1) is 16.6 Å². The molecule has 6 rings (SSSR count). The molecule has 2 aromatic rings. The molecule has 1 aromatic heterocycles. The molecule has 2 bridgehead atoms. The van der Waals surface area contributed by atoms with Crippen molar-refractivity contribution in [3.05, 3.63) is 40.3 Å². The molecule has 1 aromatic carbocycles. The van der Waals surface area contributed by atoms with E-state index in [-0.39, 0.29) is 28.5 Å². The lowest BCUT2D eigenvalue weighted by atomic mass is 9.53. The van der Waals surface area contributed by atoms with Crippen molar-refractivity contribution >= 4 is 23.4 Å². The first-order valence-corrected chi connectivity index (χ1v) is 11.9. The van der Waals surface area contributed by atoms with Crippen LogP contribution >= 0.6 is 11.6 Å². The number of carbonyl (C=O) groups excluding carboxylic acids is 2. The molecule has 0 atom stereocenters. The van der Waals surface area contributed by atoms with Crippen molar-refractivity contribution in [2.45, 2.75) is 64.5 Å². The third-order valence-electron chi connectivity index (χ3n) is 8.22. The molecule has 2 N–H and O–H groups in total. The van der Waals surface area contributed by atoms with Gasteiger partial charge in [0.1, 0.15) is 11.5 Å². The van der Waals surface area contributed by atoms with E-state index in [1.54, 1.807) is 9.58 Å². The topological polar surface area (TPSA) is 81.2 Å². The molecule has 3 saturated carbocycles. The number of primary amides is 1. The molecule has 3 aliphatic carbocycles. The molecule has 0 radical (unpaired) electrons. The van der Waals surface area contributed by atoms with Crippen LogP contribution in [0.1, 0.15) is 61.0 Å². The summed E-state index contributed by atoms with van der Waals surface area (Å²) in [5.41, 5.74) is 6.09. The van der Waals surface area contributed by atoms with Crippen LogP contribution in [0.5, 0.6) is 0 Å². The largest absolute Gasteiger partial charge is 0.365 e. The number of benzene rings is 1. The van der Waals surface area contributed by atoms with E-state index in [2.05, 4.69) is 5.10 Å². The van der Waals surface area contributed by atoms with Crippen LogP contribution in [-0.4, -0.2) is 39.5 Å². The molecule has 0 unspecified atom stereocenters. The van der Waals surface area contributed by atoms with E-state index in [0.29, 0.717) is 75.0 Å². The van der Waals surface area contributed by atoms with Crippen molar-refractivity contribution in [1.29, 1.82) is 0 Å². The maximum atomic E-state index is 13.6. The number of nitrogens with zero attached hydrogens (tertiary/aromatic N) is 3. The van der Waals surface area contributed by atoms with Gasteiger partial charge in [-0.15, -0.1) is 0 Å². The Morgan fingerprint density at radius 1 is 1.12 bits per heavy atom. The summed E-state index contributed by atoms with van der Waals surface area (Å²) in [7, 11) is 0. The van der Waals surface area contributed by atoms with Crippen LogP contribution in [0.15, 0.2) is 18.2 Å². The first-order chi connectivity index (χ1) is 16.1. The summed E-state index contributed by atoms with van der Waals surface area (Å²) >= 11 is 5.92. The predicted molar refractivity (Wildman–Crippen MR) is 120 cm³/mol. The highest BCUT2D eigenvalue weighted by Gasteiger charge is 2.53. The van der Waals surface area contributed by atoms with Gasteiger partial charge in [0.2, 0.25) is 12.3 Å². The van der Waals surface area contributed by atoms with Crippen LogP contribution in [0.2, 0.25) is 5.02 Å². The van der Waals surface area contributed by atoms with E-state index < -0.39 is 23.6 Å². The monoisotopic (exact) mass is 494 g/mol. The number of hydrogen-bond donors (Lipinski definition) is 1. The number of aromatic nitrogens is 2. The van der Waals surface area contributed by atoms with E-state index >= 15 is 0 Å². The number of rotatable bonds is 5. The van der Waals surface area contributed by atoms with Gasteiger partial charge in [0, 0.05) is 23.9 Å². The predicted octanol–water partition coefficient (Wildman–Crippen LogP) is 4.78. The fraction of sp³-hybridized carbons (Fsp3) is 0.542. The van der Waals surface area contributed by atoms with Crippen LogP contribution < -0.4 is 5.73 Å². The lowest BCUT2D eigenvalue weighted by Crippen LogP contribution is -2.48. The molecule has 34 heavy (non-hydrogen) atoms. The minimum atomic E-state index is -2.30. The maximum Gasteiger partial charge on any atom is 0.252 e. The number of alkyl halides is 2. The van der Waals surface area contributed by atoms with Crippen LogP contribution in [0.25, 0.3) is 11.3 Å². The molecule has 2 amide bonds. The summed E-state index contributed by atoms with van der Waals surface area (Å²) in [5, 5.41) is 4.42. The highest BCUT2D eigenvalue weighted by Crippen LogP contribution is 2.60. The SMILES string of the molecule is NC(=O)c1c(-c2ccc(F)c(Cl)c2)nn2c1CN(C(=O)CC13CCC(C(F)F)(CC1)CC3)CC2. The summed E-state index contributed by atoms with van der Waals surface area (Å²) in [6, 6.07) is 4.08. The van der Waals surface area contributed by atoms with E-state index in [9.17, 15) is 22.8 Å². The van der Waals surface area contributed by atoms with Gasteiger partial charge < -0.3 is 10.6 Å². The van der Waals surface area contributed by atoms with Crippen molar-refractivity contribution < 1.29 is 22.8 Å². The average molecular weight is 495 g/mol. The molecule has 0 saturated heterocycles. The third-order valence-corrected chi connectivity index (χ3v) is 8.51. The van der Waals surface area contributed by atoms with Gasteiger partial charge >= 0.3 is 0 Å². The molecule has 4 aliphatic rings. The Balaban J connectivity index is 1.36. The summed E-state index contributed by atoms with van der Waals surface area (Å²) in [6.07, 6.45) is 1.39. The molecular weight excluding hydrogens is 469 g/mol. The zero-order valence-electron chi connectivity index (χ0n) is 18.6. The van der Waals surface area contributed by atoms with Gasteiger partial charge in [0.15, 0.2) is 0 Å². The Morgan fingerprint density at radius 2 is 1.79 bits per heavy atom. The van der Waals surface area contributed by atoms with Gasteiger partial charge in [-0.05, 0) is 62.1 Å². The number of hydrogen-bond acceptors (Lipinski definition) is 3. The van der Waals surface area contributed by atoms with Gasteiger partial charge in [0.25, 0.3) is 5.91 Å². The second-order valence-electron chi connectivity index (χ2n) is 10.0. The van der Waals surface area contributed by atoms with Crippen molar-refractivity contribution in [3.63, 3.8) is 0 Å². The Labute approximate surface area is 200 Å². The van der Waals surface area contributed by atoms with Crippen molar-refractivity contribution in [3.8, 4) is 11.3 Å². The standard InChI is InChI=1S/C24H26ClF3N4O2/c25-15-11-14(1-2-16(15)26)20-19(21(29)34)17-13-31(9-10-32(17)30-20)18(33)12-23-3-6-24(7-4-23,8-5-23)22(27)28/h1-2,11,22H,3-10,12-13H2,(H2,29,34). The van der Waals surface area contributed by atoms with E-state index in [1.807, 2.05) is 0 Å². The molecule has 1 aliphatic heterocycles. The quantitative estimate of drug-likeness (QED) is 0.649. The van der Waals surface area contributed by atoms with E-state index in [0.717, 1.165) is 0 Å². The zero-order chi connectivity index (χ0) is 24.3. The second kappa shape index (κ2) is 8.29.